The molecule has 0 spiro atoms. The van der Waals surface area contributed by atoms with E-state index < -0.39 is 18.6 Å². The molecule has 0 atom stereocenters. The fourth-order valence-electron chi connectivity index (χ4n) is 2.45. The highest BCUT2D eigenvalue weighted by Gasteiger charge is 2.33. The molecule has 0 unspecified atom stereocenters. The number of nitrogens with zero attached hydrogens (tertiary/aromatic N) is 1. The van der Waals surface area contributed by atoms with Crippen molar-refractivity contribution < 1.29 is 31.9 Å². The van der Waals surface area contributed by atoms with Crippen LogP contribution in [0.2, 0.25) is 0 Å². The Bertz CT molecular complexity index is 769. The molecular weight excluding hydrogens is 351 g/mol. The van der Waals surface area contributed by atoms with E-state index >= 15 is 0 Å². The summed E-state index contributed by atoms with van der Waals surface area (Å²) in [6.07, 6.45) is -3.56. The van der Waals surface area contributed by atoms with Crippen molar-refractivity contribution in [3.05, 3.63) is 53.5 Å². The third kappa shape index (κ3) is 5.37. The Balaban J connectivity index is 2.25. The van der Waals surface area contributed by atoms with Gasteiger partial charge in [-0.3, -0.25) is 9.59 Å². The number of carbonyl (C=O) groups excluding carboxylic acids is 2. The lowest BCUT2D eigenvalue weighted by Gasteiger charge is -2.23. The Morgan fingerprint density at radius 1 is 1.23 bits per heavy atom. The molecule has 0 N–H and O–H groups in total. The molecule has 2 aromatic rings. The molecule has 0 saturated carbocycles. The van der Waals surface area contributed by atoms with E-state index in [0.717, 1.165) is 0 Å². The average Bonchev–Trinajstić information content (AvgIpc) is 3.05. The van der Waals surface area contributed by atoms with Crippen LogP contribution in [0.5, 0.6) is 5.75 Å². The first kappa shape index (κ1) is 19.6. The first-order chi connectivity index (χ1) is 12.2. The van der Waals surface area contributed by atoms with Gasteiger partial charge in [0, 0.05) is 11.1 Å². The van der Waals surface area contributed by atoms with E-state index in [9.17, 15) is 22.8 Å². The Labute approximate surface area is 148 Å². The average molecular weight is 369 g/mol. The second-order valence-corrected chi connectivity index (χ2v) is 5.70. The highest BCUT2D eigenvalue weighted by Crippen LogP contribution is 2.24. The largest absolute Gasteiger partial charge is 0.496 e. The van der Waals surface area contributed by atoms with Crippen LogP contribution in [-0.2, 0) is 17.8 Å². The topological polar surface area (TPSA) is 59.8 Å². The summed E-state index contributed by atoms with van der Waals surface area (Å²) in [5.41, 5.74) is 0.693. The SMILES string of the molecule is COc1ccc(C(C)=O)cc1CC(=O)N(Cc1ccco1)CC(F)(F)F. The van der Waals surface area contributed by atoms with Gasteiger partial charge in [-0.2, -0.15) is 13.2 Å². The van der Waals surface area contributed by atoms with Crippen LogP contribution in [0.4, 0.5) is 13.2 Å². The van der Waals surface area contributed by atoms with E-state index in [1.807, 2.05) is 0 Å². The van der Waals surface area contributed by atoms with Crippen molar-refractivity contribution in [1.82, 2.24) is 4.90 Å². The van der Waals surface area contributed by atoms with Crippen LogP contribution in [-0.4, -0.2) is 36.4 Å². The van der Waals surface area contributed by atoms with E-state index in [-0.39, 0.29) is 24.5 Å². The predicted octanol–water partition coefficient (Wildman–Crippen LogP) is 3.62. The van der Waals surface area contributed by atoms with E-state index in [0.29, 0.717) is 21.8 Å². The third-order valence-electron chi connectivity index (χ3n) is 3.68. The fourth-order valence-corrected chi connectivity index (χ4v) is 2.45. The summed E-state index contributed by atoms with van der Waals surface area (Å²) in [7, 11) is 1.38. The number of hydrogen-bond donors (Lipinski definition) is 0. The van der Waals surface area contributed by atoms with Gasteiger partial charge in [-0.05, 0) is 37.3 Å². The molecular formula is C18H18F3NO4. The van der Waals surface area contributed by atoms with Crippen molar-refractivity contribution >= 4 is 11.7 Å². The van der Waals surface area contributed by atoms with Crippen LogP contribution in [0.1, 0.15) is 28.6 Å². The minimum Gasteiger partial charge on any atom is -0.496 e. The standard InChI is InChI=1S/C18H18F3NO4/c1-12(23)13-5-6-16(25-2)14(8-13)9-17(24)22(11-18(19,20)21)10-15-4-3-7-26-15/h3-8H,9-11H2,1-2H3. The quantitative estimate of drug-likeness (QED) is 0.700. The van der Waals surface area contributed by atoms with Crippen LogP contribution >= 0.6 is 0 Å². The number of methoxy groups -OCH3 is 1. The lowest BCUT2D eigenvalue weighted by molar-refractivity contribution is -0.162. The minimum atomic E-state index is -4.55. The maximum absolute atomic E-state index is 12.9. The number of halogens is 3. The Hall–Kier alpha value is -2.77. The monoisotopic (exact) mass is 369 g/mol. The van der Waals surface area contributed by atoms with Crippen LogP contribution in [0.3, 0.4) is 0 Å². The maximum Gasteiger partial charge on any atom is 0.406 e. The zero-order valence-corrected chi connectivity index (χ0v) is 14.3. The molecule has 2 rings (SSSR count). The van der Waals surface area contributed by atoms with E-state index in [1.54, 1.807) is 0 Å². The molecule has 0 bridgehead atoms. The first-order valence-corrected chi connectivity index (χ1v) is 7.74. The Kier molecular flexibility index (Phi) is 6.07. The molecule has 8 heteroatoms. The van der Waals surface area contributed by atoms with E-state index in [1.165, 1.54) is 50.6 Å². The van der Waals surface area contributed by atoms with Crippen molar-refractivity contribution in [3.63, 3.8) is 0 Å². The zero-order valence-electron chi connectivity index (χ0n) is 14.3. The second kappa shape index (κ2) is 8.07. The van der Waals surface area contributed by atoms with Gasteiger partial charge in [0.1, 0.15) is 18.1 Å². The Morgan fingerprint density at radius 2 is 1.96 bits per heavy atom. The van der Waals surface area contributed by atoms with Gasteiger partial charge in [-0.1, -0.05) is 0 Å². The fraction of sp³-hybridized carbons (Fsp3) is 0.333. The van der Waals surface area contributed by atoms with Crippen molar-refractivity contribution in [3.8, 4) is 5.75 Å². The van der Waals surface area contributed by atoms with Gasteiger partial charge < -0.3 is 14.1 Å². The number of rotatable bonds is 7. The van der Waals surface area contributed by atoms with Crippen LogP contribution in [0.25, 0.3) is 0 Å². The number of benzene rings is 1. The predicted molar refractivity (Wildman–Crippen MR) is 86.9 cm³/mol. The van der Waals surface area contributed by atoms with Crippen LogP contribution in [0.15, 0.2) is 41.0 Å². The number of ether oxygens (including phenoxy) is 1. The van der Waals surface area contributed by atoms with E-state index in [2.05, 4.69) is 0 Å². The molecule has 0 saturated heterocycles. The summed E-state index contributed by atoms with van der Waals surface area (Å²) in [5.74, 6) is -0.401. The third-order valence-corrected chi connectivity index (χ3v) is 3.68. The summed E-state index contributed by atoms with van der Waals surface area (Å²) in [6, 6.07) is 7.53. The van der Waals surface area contributed by atoms with Crippen molar-refractivity contribution in [2.45, 2.75) is 26.1 Å². The molecule has 0 radical (unpaired) electrons. The van der Waals surface area contributed by atoms with Gasteiger partial charge >= 0.3 is 6.18 Å². The molecule has 140 valence electrons. The van der Waals surface area contributed by atoms with Crippen LogP contribution < -0.4 is 4.74 Å². The van der Waals surface area contributed by atoms with Gasteiger partial charge in [-0.15, -0.1) is 0 Å². The number of amides is 1. The minimum absolute atomic E-state index is 0.218. The second-order valence-electron chi connectivity index (χ2n) is 5.70. The summed E-state index contributed by atoms with van der Waals surface area (Å²) >= 11 is 0. The van der Waals surface area contributed by atoms with Gasteiger partial charge in [0.05, 0.1) is 26.3 Å². The number of furan rings is 1. The number of alkyl halides is 3. The molecule has 5 nitrogen and oxygen atoms in total. The molecule has 0 fully saturated rings. The van der Waals surface area contributed by atoms with Crippen molar-refractivity contribution in [1.29, 1.82) is 0 Å². The molecule has 1 heterocycles. The lowest BCUT2D eigenvalue weighted by Crippen LogP contribution is -2.39. The highest BCUT2D eigenvalue weighted by atomic mass is 19.4. The molecule has 1 aromatic carbocycles. The zero-order chi connectivity index (χ0) is 19.3. The van der Waals surface area contributed by atoms with Crippen molar-refractivity contribution in [2.75, 3.05) is 13.7 Å². The number of carbonyl (C=O) groups is 2. The lowest BCUT2D eigenvalue weighted by atomic mass is 10.0. The van der Waals surface area contributed by atoms with Crippen molar-refractivity contribution in [2.24, 2.45) is 0 Å². The smallest absolute Gasteiger partial charge is 0.406 e. The first-order valence-electron chi connectivity index (χ1n) is 7.74. The molecule has 0 aliphatic carbocycles. The van der Waals surface area contributed by atoms with Gasteiger partial charge in [0.15, 0.2) is 5.78 Å². The summed E-state index contributed by atoms with van der Waals surface area (Å²) < 4.78 is 48.8. The number of hydrogen-bond acceptors (Lipinski definition) is 4. The maximum atomic E-state index is 12.9. The summed E-state index contributed by atoms with van der Waals surface area (Å²) in [4.78, 5) is 24.7. The summed E-state index contributed by atoms with van der Waals surface area (Å²) in [6.45, 7) is -0.346. The molecule has 26 heavy (non-hydrogen) atoms. The molecule has 0 aliphatic rings. The Morgan fingerprint density at radius 3 is 2.50 bits per heavy atom. The number of ketones is 1. The number of Topliss-reactive ketones (excluding diaryl/α,β-unsaturated/α-hetero) is 1. The van der Waals surface area contributed by atoms with Gasteiger partial charge in [-0.25, -0.2) is 0 Å². The van der Waals surface area contributed by atoms with Gasteiger partial charge in [0.2, 0.25) is 5.91 Å². The van der Waals surface area contributed by atoms with Crippen LogP contribution in [0, 0.1) is 0 Å². The van der Waals surface area contributed by atoms with Gasteiger partial charge in [0.25, 0.3) is 0 Å². The molecule has 1 amide bonds. The normalized spacial score (nSPS) is 11.3. The molecule has 1 aromatic heterocycles. The summed E-state index contributed by atoms with van der Waals surface area (Å²) in [5, 5.41) is 0. The highest BCUT2D eigenvalue weighted by molar-refractivity contribution is 5.94. The van der Waals surface area contributed by atoms with E-state index in [4.69, 9.17) is 9.15 Å². The molecule has 0 aliphatic heterocycles.